The predicted molar refractivity (Wildman–Crippen MR) is 140 cm³/mol. The van der Waals surface area contributed by atoms with E-state index in [-0.39, 0.29) is 10.8 Å². The zero-order valence-electron chi connectivity index (χ0n) is 19.0. The summed E-state index contributed by atoms with van der Waals surface area (Å²) in [5.74, 6) is 0.257. The average molecular weight is 503 g/mol. The first-order valence-electron chi connectivity index (χ1n) is 11.3. The molecule has 7 heteroatoms. The van der Waals surface area contributed by atoms with Gasteiger partial charge in [0.2, 0.25) is 0 Å². The molecule has 4 aromatic rings. The van der Waals surface area contributed by atoms with Gasteiger partial charge in [-0.15, -0.1) is 0 Å². The average Bonchev–Trinajstić information content (AvgIpc) is 3.70. The zero-order chi connectivity index (χ0) is 24.6. The molecule has 0 unspecified atom stereocenters. The fourth-order valence-electron chi connectivity index (χ4n) is 4.06. The number of carbonyl (C=O) groups is 1. The molecule has 0 spiro atoms. The van der Waals surface area contributed by atoms with Crippen molar-refractivity contribution in [3.05, 3.63) is 101 Å². The van der Waals surface area contributed by atoms with E-state index in [9.17, 15) is 13.2 Å². The van der Waals surface area contributed by atoms with Crippen LogP contribution in [0.25, 0.3) is 22.4 Å². The number of amides is 1. The Morgan fingerprint density at radius 2 is 1.71 bits per heavy atom. The van der Waals surface area contributed by atoms with E-state index in [4.69, 9.17) is 11.6 Å². The van der Waals surface area contributed by atoms with Gasteiger partial charge >= 0.3 is 0 Å². The molecule has 0 aliphatic heterocycles. The summed E-state index contributed by atoms with van der Waals surface area (Å²) in [5.41, 5.74) is 4.95. The maximum atomic E-state index is 13.4. The van der Waals surface area contributed by atoms with Crippen molar-refractivity contribution >= 4 is 33.0 Å². The molecule has 1 aliphatic rings. The molecule has 0 bridgehead atoms. The highest BCUT2D eigenvalue weighted by Crippen LogP contribution is 2.41. The Kier molecular flexibility index (Phi) is 6.17. The molecular formula is C28H23ClN2O3S. The molecule has 0 saturated heterocycles. The molecule has 1 aromatic heterocycles. The monoisotopic (exact) mass is 502 g/mol. The maximum Gasteiger partial charge on any atom is 0.256 e. The van der Waals surface area contributed by atoms with Gasteiger partial charge in [0.15, 0.2) is 9.84 Å². The van der Waals surface area contributed by atoms with E-state index in [1.165, 1.54) is 24.5 Å². The molecular weight excluding hydrogens is 480 g/mol. The summed E-state index contributed by atoms with van der Waals surface area (Å²) in [5, 5.41) is 3.45. The molecule has 0 atom stereocenters. The number of nitrogens with zero attached hydrogens (tertiary/aromatic N) is 1. The largest absolute Gasteiger partial charge is 0.322 e. The number of aromatic nitrogens is 1. The molecule has 35 heavy (non-hydrogen) atoms. The number of carbonyl (C=O) groups excluding carboxylic acids is 1. The van der Waals surface area contributed by atoms with Crippen LogP contribution in [0.4, 0.5) is 5.69 Å². The van der Waals surface area contributed by atoms with E-state index < -0.39 is 9.84 Å². The second kappa shape index (κ2) is 9.29. The van der Waals surface area contributed by atoms with Gasteiger partial charge in [0.25, 0.3) is 5.91 Å². The Bertz CT molecular complexity index is 1510. The fraction of sp³-hybridized carbons (Fsp3) is 0.143. The molecule has 3 aromatic carbocycles. The summed E-state index contributed by atoms with van der Waals surface area (Å²) < 4.78 is 24.5. The number of nitrogens with one attached hydrogen (secondary N) is 1. The third-order valence-corrected chi connectivity index (χ3v) is 7.54. The van der Waals surface area contributed by atoms with Crippen LogP contribution in [-0.2, 0) is 9.84 Å². The van der Waals surface area contributed by atoms with Crippen LogP contribution in [0.3, 0.4) is 0 Å². The quantitative estimate of drug-likeness (QED) is 0.322. The first-order valence-corrected chi connectivity index (χ1v) is 13.5. The van der Waals surface area contributed by atoms with Gasteiger partial charge in [-0.1, -0.05) is 41.9 Å². The van der Waals surface area contributed by atoms with Gasteiger partial charge in [-0.3, -0.25) is 9.78 Å². The fourth-order valence-corrected chi connectivity index (χ4v) is 4.92. The molecule has 176 valence electrons. The van der Waals surface area contributed by atoms with Gasteiger partial charge < -0.3 is 5.32 Å². The first-order chi connectivity index (χ1) is 16.8. The Morgan fingerprint density at radius 1 is 0.943 bits per heavy atom. The van der Waals surface area contributed by atoms with E-state index in [1.807, 2.05) is 30.3 Å². The van der Waals surface area contributed by atoms with Crippen molar-refractivity contribution in [3.8, 4) is 22.4 Å². The molecule has 1 N–H and O–H groups in total. The number of halogens is 1. The molecule has 1 amide bonds. The number of pyridine rings is 1. The Morgan fingerprint density at radius 3 is 2.37 bits per heavy atom. The number of sulfone groups is 1. The Labute approximate surface area is 209 Å². The van der Waals surface area contributed by atoms with Crippen molar-refractivity contribution in [2.75, 3.05) is 11.6 Å². The van der Waals surface area contributed by atoms with Crippen LogP contribution in [0.1, 0.15) is 34.7 Å². The molecule has 0 radical (unpaired) electrons. The standard InChI is InChI=1S/C28H23ClN2O3S/c1-35(33,34)22-12-13-23(24(17-22)20-9-7-19(8-10-20)18-5-6-18)28(32)31-21-11-14-26(29)25(16-21)27-4-2-3-15-30-27/h2-4,7-18H,5-6H2,1H3,(H,31,32). The van der Waals surface area contributed by atoms with Crippen molar-refractivity contribution < 1.29 is 13.2 Å². The van der Waals surface area contributed by atoms with E-state index >= 15 is 0 Å². The third-order valence-electron chi connectivity index (χ3n) is 6.10. The summed E-state index contributed by atoms with van der Waals surface area (Å²) in [6.45, 7) is 0. The van der Waals surface area contributed by atoms with Gasteiger partial charge in [0.05, 0.1) is 15.6 Å². The van der Waals surface area contributed by atoms with Crippen molar-refractivity contribution in [1.29, 1.82) is 0 Å². The number of rotatable bonds is 6. The number of hydrogen-bond donors (Lipinski definition) is 1. The summed E-state index contributed by atoms with van der Waals surface area (Å²) in [6, 6.07) is 23.4. The summed E-state index contributed by atoms with van der Waals surface area (Å²) >= 11 is 6.38. The molecule has 1 aliphatic carbocycles. The summed E-state index contributed by atoms with van der Waals surface area (Å²) in [7, 11) is -3.44. The highest BCUT2D eigenvalue weighted by atomic mass is 35.5. The van der Waals surface area contributed by atoms with Crippen LogP contribution < -0.4 is 5.32 Å². The second-order valence-corrected chi connectivity index (χ2v) is 11.2. The topological polar surface area (TPSA) is 76.1 Å². The van der Waals surface area contributed by atoms with E-state index in [0.717, 1.165) is 11.8 Å². The number of benzene rings is 3. The highest BCUT2D eigenvalue weighted by molar-refractivity contribution is 7.90. The minimum absolute atomic E-state index is 0.166. The Hall–Kier alpha value is -3.48. The number of hydrogen-bond acceptors (Lipinski definition) is 4. The van der Waals surface area contributed by atoms with E-state index in [2.05, 4.69) is 22.4 Å². The van der Waals surface area contributed by atoms with Crippen LogP contribution in [0.15, 0.2) is 90.0 Å². The highest BCUT2D eigenvalue weighted by Gasteiger charge is 2.24. The van der Waals surface area contributed by atoms with Gasteiger partial charge in [0.1, 0.15) is 0 Å². The van der Waals surface area contributed by atoms with Crippen LogP contribution in [0, 0.1) is 0 Å². The van der Waals surface area contributed by atoms with Crippen molar-refractivity contribution in [1.82, 2.24) is 4.98 Å². The van der Waals surface area contributed by atoms with E-state index in [0.29, 0.717) is 39.0 Å². The van der Waals surface area contributed by atoms with Gasteiger partial charge in [-0.25, -0.2) is 8.42 Å². The maximum absolute atomic E-state index is 13.4. The first kappa shape index (κ1) is 23.3. The summed E-state index contributed by atoms with van der Waals surface area (Å²) in [6.07, 6.45) is 5.23. The molecule has 1 heterocycles. The molecule has 1 saturated carbocycles. The smallest absolute Gasteiger partial charge is 0.256 e. The molecule has 1 fully saturated rings. The number of anilines is 1. The van der Waals surface area contributed by atoms with Crippen LogP contribution in [-0.4, -0.2) is 25.6 Å². The lowest BCUT2D eigenvalue weighted by Crippen LogP contribution is -2.14. The van der Waals surface area contributed by atoms with Crippen LogP contribution in [0.5, 0.6) is 0 Å². The normalized spacial score (nSPS) is 13.4. The molecule has 5 nitrogen and oxygen atoms in total. The van der Waals surface area contributed by atoms with Gasteiger partial charge in [0, 0.05) is 29.3 Å². The minimum atomic E-state index is -3.44. The minimum Gasteiger partial charge on any atom is -0.322 e. The Balaban J connectivity index is 1.51. The second-order valence-electron chi connectivity index (χ2n) is 8.74. The third kappa shape index (κ3) is 5.14. The van der Waals surface area contributed by atoms with Gasteiger partial charge in [-0.2, -0.15) is 0 Å². The van der Waals surface area contributed by atoms with Crippen LogP contribution >= 0.6 is 11.6 Å². The SMILES string of the molecule is CS(=O)(=O)c1ccc(C(=O)Nc2ccc(Cl)c(-c3ccccn3)c2)c(-c2ccc(C3CC3)cc2)c1. The zero-order valence-corrected chi connectivity index (χ0v) is 20.6. The van der Waals surface area contributed by atoms with Gasteiger partial charge in [-0.05, 0) is 84.0 Å². The lowest BCUT2D eigenvalue weighted by Gasteiger charge is -2.14. The van der Waals surface area contributed by atoms with E-state index in [1.54, 1.807) is 36.5 Å². The lowest BCUT2D eigenvalue weighted by molar-refractivity contribution is 0.102. The van der Waals surface area contributed by atoms with Crippen molar-refractivity contribution in [2.24, 2.45) is 0 Å². The summed E-state index contributed by atoms with van der Waals surface area (Å²) in [4.78, 5) is 17.9. The van der Waals surface area contributed by atoms with Crippen molar-refractivity contribution in [2.45, 2.75) is 23.7 Å². The van der Waals surface area contributed by atoms with Crippen LogP contribution in [0.2, 0.25) is 5.02 Å². The van der Waals surface area contributed by atoms with Crippen molar-refractivity contribution in [3.63, 3.8) is 0 Å². The lowest BCUT2D eigenvalue weighted by atomic mass is 9.97. The predicted octanol–water partition coefficient (Wildman–Crippen LogP) is 6.60. The molecule has 5 rings (SSSR count).